The van der Waals surface area contributed by atoms with E-state index >= 15 is 0 Å². The highest BCUT2D eigenvalue weighted by Gasteiger charge is 2.31. The summed E-state index contributed by atoms with van der Waals surface area (Å²) in [5, 5.41) is 3.32. The van der Waals surface area contributed by atoms with Gasteiger partial charge in [-0.15, -0.1) is 0 Å². The molecule has 4 heterocycles. The highest BCUT2D eigenvalue weighted by molar-refractivity contribution is 7.80. The van der Waals surface area contributed by atoms with Gasteiger partial charge in [0.05, 0.1) is 37.1 Å². The van der Waals surface area contributed by atoms with Crippen molar-refractivity contribution in [1.29, 1.82) is 0 Å². The molecule has 8 rings (SSSR count). The van der Waals surface area contributed by atoms with E-state index in [-0.39, 0.29) is 50.1 Å². The summed E-state index contributed by atoms with van der Waals surface area (Å²) in [6, 6.07) is 23.8. The fourth-order valence-corrected chi connectivity index (χ4v) is 6.78. The lowest BCUT2D eigenvalue weighted by atomic mass is 10.1. The first kappa shape index (κ1) is 41.6. The van der Waals surface area contributed by atoms with E-state index in [4.69, 9.17) is 18.0 Å². The number of guanidine groups is 1. The maximum atomic E-state index is 13.1. The van der Waals surface area contributed by atoms with Crippen LogP contribution in [0.2, 0.25) is 0 Å². The maximum Gasteiger partial charge on any atom is 0.279 e. The van der Waals surface area contributed by atoms with Gasteiger partial charge in [-0.05, 0) is 134 Å². The Morgan fingerprint density at radius 3 is 1.61 bits per heavy atom. The molecule has 295 valence electrons. The first-order valence-electron chi connectivity index (χ1n) is 18.3. The molecule has 0 unspecified atom stereocenters. The first-order valence-corrected chi connectivity index (χ1v) is 18.7. The van der Waals surface area contributed by atoms with Gasteiger partial charge in [0, 0.05) is 32.2 Å². The normalized spacial score (nSPS) is 15.0. The highest BCUT2D eigenvalue weighted by atomic mass is 32.1. The molecule has 0 aliphatic carbocycles. The number of nitrogens with two attached hydrogens (primary N) is 1. The van der Waals surface area contributed by atoms with Crippen LogP contribution in [0.15, 0.2) is 126 Å². The number of hydrogen-bond donors (Lipinski definition) is 2. The lowest BCUT2D eigenvalue weighted by Gasteiger charge is -2.15. The topological polar surface area (TPSA) is 127 Å². The molecule has 2 aliphatic rings. The molecular formula is C44H39BF2N9O2S. The number of thiocarbonyl (C=S) groups is 1. The SMILES string of the molecule is Cc1cn(-c2ccc(/C=C3\N=C(N)N(Cc4ccc(F)cc4)C3=O)cc2C)cn1.Cc1cn(-c2ccc(/C=C3\NC(=S)N(Cc4ccc(F)cc4)C3=O)cc2C)cn1.[B]. The van der Waals surface area contributed by atoms with Gasteiger partial charge >= 0.3 is 0 Å². The molecule has 0 atom stereocenters. The summed E-state index contributed by atoms with van der Waals surface area (Å²) in [6.07, 6.45) is 11.0. The van der Waals surface area contributed by atoms with Crippen molar-refractivity contribution in [3.63, 3.8) is 0 Å². The van der Waals surface area contributed by atoms with Gasteiger partial charge in [0.25, 0.3) is 11.8 Å². The van der Waals surface area contributed by atoms with Crippen molar-refractivity contribution < 1.29 is 18.4 Å². The largest absolute Gasteiger partial charge is 0.369 e. The van der Waals surface area contributed by atoms with Gasteiger partial charge in [0.1, 0.15) is 23.0 Å². The van der Waals surface area contributed by atoms with Crippen LogP contribution in [0, 0.1) is 39.3 Å². The Balaban J connectivity index is 0.000000195. The molecule has 59 heavy (non-hydrogen) atoms. The lowest BCUT2D eigenvalue weighted by molar-refractivity contribution is -0.123. The third kappa shape index (κ3) is 9.59. The summed E-state index contributed by atoms with van der Waals surface area (Å²) in [7, 11) is 0. The van der Waals surface area contributed by atoms with Crippen LogP contribution in [-0.2, 0) is 22.7 Å². The molecule has 15 heteroatoms. The molecule has 6 aromatic rings. The van der Waals surface area contributed by atoms with Gasteiger partial charge in [-0.3, -0.25) is 19.4 Å². The van der Waals surface area contributed by atoms with E-state index in [2.05, 4.69) is 20.3 Å². The standard InChI is InChI=1S/C22H20FN5O.C22H19FN4OS.B/c1-14-9-17(5-8-20(14)27-11-15(2)25-13-27)10-19-21(29)28(22(24)26-19)12-16-3-6-18(23)7-4-16;1-14-9-17(5-8-20(14)26-11-15(2)24-13-26)10-19-21(28)27(22(29)25-19)12-16-3-6-18(23)7-4-16;/h3-11,13H,12H2,1-2H3,(H2,24,26);3-11,13H,12H2,1-2H3,(H,25,29);/b2*19-10-;. The zero-order valence-electron chi connectivity index (χ0n) is 32.7. The zero-order chi connectivity index (χ0) is 41.1. The maximum absolute atomic E-state index is 13.1. The molecule has 4 aromatic carbocycles. The van der Waals surface area contributed by atoms with Crippen LogP contribution < -0.4 is 11.1 Å². The number of imidazole rings is 2. The van der Waals surface area contributed by atoms with Crippen LogP contribution in [-0.4, -0.2) is 60.2 Å². The molecule has 1 fully saturated rings. The summed E-state index contributed by atoms with van der Waals surface area (Å²) in [4.78, 5) is 41.1. The van der Waals surface area contributed by atoms with E-state index < -0.39 is 0 Å². The number of nitrogens with one attached hydrogen (secondary N) is 1. The van der Waals surface area contributed by atoms with E-state index in [0.29, 0.717) is 17.4 Å². The molecule has 3 radical (unpaired) electrons. The number of aryl methyl sites for hydroxylation is 4. The number of aliphatic imine (C=N–C) groups is 1. The summed E-state index contributed by atoms with van der Waals surface area (Å²) < 4.78 is 30.1. The fraction of sp³-hybridized carbons (Fsp3) is 0.136. The van der Waals surface area contributed by atoms with Crippen molar-refractivity contribution in [1.82, 2.24) is 34.2 Å². The van der Waals surface area contributed by atoms with E-state index in [1.807, 2.05) is 85.6 Å². The van der Waals surface area contributed by atoms with Gasteiger partial charge in [-0.25, -0.2) is 23.7 Å². The molecule has 2 aromatic heterocycles. The molecule has 2 amide bonds. The van der Waals surface area contributed by atoms with Crippen LogP contribution in [0.1, 0.15) is 44.8 Å². The predicted octanol–water partition coefficient (Wildman–Crippen LogP) is 6.83. The number of halogens is 2. The minimum Gasteiger partial charge on any atom is -0.369 e. The predicted molar refractivity (Wildman–Crippen MR) is 229 cm³/mol. The van der Waals surface area contributed by atoms with E-state index in [1.165, 1.54) is 34.1 Å². The summed E-state index contributed by atoms with van der Waals surface area (Å²) in [6.45, 7) is 8.44. The molecule has 0 saturated carbocycles. The average molecular weight is 807 g/mol. The summed E-state index contributed by atoms with van der Waals surface area (Å²) in [5.74, 6) is -0.987. The Bertz CT molecular complexity index is 2610. The number of carbonyl (C=O) groups is 2. The molecule has 2 aliphatic heterocycles. The average Bonchev–Trinajstić information content (AvgIpc) is 3.95. The van der Waals surface area contributed by atoms with Crippen LogP contribution in [0.4, 0.5) is 8.78 Å². The fourth-order valence-electron chi connectivity index (χ4n) is 6.53. The van der Waals surface area contributed by atoms with Gasteiger partial charge < -0.3 is 20.2 Å². The number of benzene rings is 4. The smallest absolute Gasteiger partial charge is 0.279 e. The van der Waals surface area contributed by atoms with Gasteiger partial charge in [0.2, 0.25) is 5.96 Å². The number of nitrogens with zero attached hydrogens (tertiary/aromatic N) is 7. The zero-order valence-corrected chi connectivity index (χ0v) is 33.5. The van der Waals surface area contributed by atoms with Gasteiger partial charge in [-0.2, -0.15) is 0 Å². The molecular weight excluding hydrogens is 767 g/mol. The number of amides is 2. The molecule has 0 bridgehead atoms. The van der Waals surface area contributed by atoms with Gasteiger partial charge in [0.15, 0.2) is 5.11 Å². The minimum atomic E-state index is -0.326. The Morgan fingerprint density at radius 1 is 0.678 bits per heavy atom. The van der Waals surface area contributed by atoms with Crippen molar-refractivity contribution in [3.8, 4) is 11.4 Å². The minimum absolute atomic E-state index is 0. The summed E-state index contributed by atoms with van der Waals surface area (Å²) >= 11 is 5.32. The van der Waals surface area contributed by atoms with Crippen molar-refractivity contribution in [2.75, 3.05) is 0 Å². The van der Waals surface area contributed by atoms with E-state index in [1.54, 1.807) is 49.1 Å². The molecule has 11 nitrogen and oxygen atoms in total. The molecule has 0 spiro atoms. The molecule has 3 N–H and O–H groups in total. The monoisotopic (exact) mass is 806 g/mol. The number of aromatic nitrogens is 4. The van der Waals surface area contributed by atoms with Crippen LogP contribution >= 0.6 is 12.2 Å². The van der Waals surface area contributed by atoms with Crippen molar-refractivity contribution in [3.05, 3.63) is 178 Å². The highest BCUT2D eigenvalue weighted by Crippen LogP contribution is 2.24. The van der Waals surface area contributed by atoms with E-state index in [0.717, 1.165) is 56.1 Å². The van der Waals surface area contributed by atoms with Crippen LogP contribution in [0.25, 0.3) is 23.5 Å². The number of hydrogen-bond acceptors (Lipinski definition) is 7. The van der Waals surface area contributed by atoms with E-state index in [9.17, 15) is 18.4 Å². The second-order valence-corrected chi connectivity index (χ2v) is 14.3. The second-order valence-electron chi connectivity index (χ2n) is 14.0. The lowest BCUT2D eigenvalue weighted by Crippen LogP contribution is -2.36. The van der Waals surface area contributed by atoms with Crippen LogP contribution in [0.5, 0.6) is 0 Å². The molecule has 1 saturated heterocycles. The Hall–Kier alpha value is -7.00. The third-order valence-corrected chi connectivity index (χ3v) is 9.80. The second kappa shape index (κ2) is 17.7. The third-order valence-electron chi connectivity index (χ3n) is 9.48. The number of rotatable bonds is 8. The van der Waals surface area contributed by atoms with Crippen molar-refractivity contribution in [2.24, 2.45) is 10.7 Å². The Morgan fingerprint density at radius 2 is 1.15 bits per heavy atom. The van der Waals surface area contributed by atoms with Crippen molar-refractivity contribution >= 4 is 55.7 Å². The first-order chi connectivity index (χ1) is 27.8. The Labute approximate surface area is 347 Å². The van der Waals surface area contributed by atoms with Crippen molar-refractivity contribution in [2.45, 2.75) is 40.8 Å². The number of carbonyl (C=O) groups excluding carboxylic acids is 2. The van der Waals surface area contributed by atoms with Crippen LogP contribution in [0.3, 0.4) is 0 Å². The Kier molecular flexibility index (Phi) is 12.5. The quantitative estimate of drug-likeness (QED) is 0.0982. The van der Waals surface area contributed by atoms with Gasteiger partial charge in [-0.1, -0.05) is 36.4 Å². The summed E-state index contributed by atoms with van der Waals surface area (Å²) in [5.41, 5.74) is 16.0.